The number of halogens is 2. The van der Waals surface area contributed by atoms with E-state index in [4.69, 9.17) is 23.2 Å². The number of rotatable bonds is 4. The van der Waals surface area contributed by atoms with Crippen LogP contribution in [0.25, 0.3) is 11.0 Å². The lowest BCUT2D eigenvalue weighted by atomic mass is 10.1. The zero-order valence-electron chi connectivity index (χ0n) is 15.9. The van der Waals surface area contributed by atoms with E-state index in [9.17, 15) is 8.42 Å². The highest BCUT2D eigenvalue weighted by Crippen LogP contribution is 2.29. The molecule has 1 atom stereocenters. The topological polar surface area (TPSA) is 111 Å². The van der Waals surface area contributed by atoms with Crippen molar-refractivity contribution in [2.45, 2.75) is 25.3 Å². The van der Waals surface area contributed by atoms with Crippen LogP contribution in [0.4, 0.5) is 11.6 Å². The van der Waals surface area contributed by atoms with Gasteiger partial charge in [0.25, 0.3) is 0 Å². The van der Waals surface area contributed by atoms with Gasteiger partial charge in [0.1, 0.15) is 0 Å². The highest BCUT2D eigenvalue weighted by atomic mass is 35.5. The number of anilines is 2. The molecular weight excluding hydrogens is 439 g/mol. The smallest absolute Gasteiger partial charge is 0.229 e. The Morgan fingerprint density at radius 1 is 1.17 bits per heavy atom. The van der Waals surface area contributed by atoms with E-state index >= 15 is 0 Å². The number of aromatic nitrogens is 6. The van der Waals surface area contributed by atoms with Gasteiger partial charge in [-0.25, -0.2) is 22.4 Å². The normalized spacial score (nSPS) is 18.8. The minimum absolute atomic E-state index is 0.0640. The second-order valence-electron chi connectivity index (χ2n) is 7.03. The molecule has 156 valence electrons. The lowest BCUT2D eigenvalue weighted by Gasteiger charge is -2.17. The molecule has 1 aliphatic heterocycles. The van der Waals surface area contributed by atoms with Crippen molar-refractivity contribution < 1.29 is 8.42 Å². The number of hydrogen-bond acceptors (Lipinski definition) is 7. The van der Waals surface area contributed by atoms with E-state index in [-0.39, 0.29) is 6.04 Å². The molecule has 0 saturated carbocycles. The van der Waals surface area contributed by atoms with Crippen LogP contribution in [0.5, 0.6) is 0 Å². The summed E-state index contributed by atoms with van der Waals surface area (Å²) in [6, 6.07) is 0.0640. The van der Waals surface area contributed by atoms with Crippen LogP contribution in [0.3, 0.4) is 0 Å². The lowest BCUT2D eigenvalue weighted by molar-refractivity contribution is 0.393. The fourth-order valence-electron chi connectivity index (χ4n) is 3.47. The molecule has 4 rings (SSSR count). The minimum atomic E-state index is -3.19. The van der Waals surface area contributed by atoms with Crippen LogP contribution >= 0.6 is 23.2 Å². The van der Waals surface area contributed by atoms with Gasteiger partial charge < -0.3 is 5.32 Å². The molecule has 0 amide bonds. The third-order valence-electron chi connectivity index (χ3n) is 4.97. The molecule has 0 aromatic carbocycles. The Morgan fingerprint density at radius 3 is 2.72 bits per heavy atom. The van der Waals surface area contributed by atoms with Crippen LogP contribution in [-0.4, -0.2) is 61.6 Å². The van der Waals surface area contributed by atoms with Gasteiger partial charge in [0.05, 0.1) is 29.6 Å². The van der Waals surface area contributed by atoms with Crippen molar-refractivity contribution in [2.24, 2.45) is 7.05 Å². The van der Waals surface area contributed by atoms with Crippen molar-refractivity contribution in [3.05, 3.63) is 22.7 Å². The first-order valence-corrected chi connectivity index (χ1v) is 11.6. The van der Waals surface area contributed by atoms with Crippen LogP contribution in [0.1, 0.15) is 25.3 Å². The summed E-state index contributed by atoms with van der Waals surface area (Å²) in [6.45, 7) is 0.987. The van der Waals surface area contributed by atoms with Gasteiger partial charge in [-0.15, -0.1) is 0 Å². The maximum absolute atomic E-state index is 11.8. The molecular formula is C16H20Cl2N8O2S. The van der Waals surface area contributed by atoms with E-state index in [1.807, 2.05) is 0 Å². The van der Waals surface area contributed by atoms with Gasteiger partial charge in [-0.1, -0.05) is 23.2 Å². The fourth-order valence-corrected chi connectivity index (χ4v) is 4.80. The molecule has 13 heteroatoms. The van der Waals surface area contributed by atoms with Crippen LogP contribution in [0.15, 0.2) is 12.4 Å². The van der Waals surface area contributed by atoms with Crippen molar-refractivity contribution in [3.63, 3.8) is 0 Å². The molecule has 0 aliphatic carbocycles. The van der Waals surface area contributed by atoms with Crippen molar-refractivity contribution in [2.75, 3.05) is 24.7 Å². The summed E-state index contributed by atoms with van der Waals surface area (Å²) >= 11 is 12.4. The van der Waals surface area contributed by atoms with Gasteiger partial charge in [0.15, 0.2) is 16.0 Å². The molecule has 3 aromatic heterocycles. The summed E-state index contributed by atoms with van der Waals surface area (Å²) in [4.78, 5) is 8.69. The van der Waals surface area contributed by atoms with E-state index in [0.29, 0.717) is 52.5 Å². The Kier molecular flexibility index (Phi) is 5.40. The van der Waals surface area contributed by atoms with Crippen LogP contribution in [-0.2, 0) is 17.1 Å². The van der Waals surface area contributed by atoms with Gasteiger partial charge >= 0.3 is 0 Å². The van der Waals surface area contributed by atoms with Crippen LogP contribution in [0, 0.1) is 0 Å². The fraction of sp³-hybridized carbons (Fsp3) is 0.500. The molecule has 0 bridgehead atoms. The van der Waals surface area contributed by atoms with Crippen molar-refractivity contribution in [1.29, 1.82) is 0 Å². The van der Waals surface area contributed by atoms with Crippen LogP contribution in [0.2, 0.25) is 10.3 Å². The summed E-state index contributed by atoms with van der Waals surface area (Å²) in [5.74, 6) is 0.350. The Bertz CT molecular complexity index is 1160. The first-order chi connectivity index (χ1) is 13.7. The predicted octanol–water partition coefficient (Wildman–Crippen LogP) is 2.60. The Hall–Kier alpha value is -1.95. The molecule has 29 heavy (non-hydrogen) atoms. The summed E-state index contributed by atoms with van der Waals surface area (Å²) in [7, 11) is -1.43. The van der Waals surface area contributed by atoms with E-state index in [2.05, 4.69) is 25.5 Å². The number of nitrogens with one attached hydrogen (secondary N) is 1. The van der Waals surface area contributed by atoms with Crippen molar-refractivity contribution in [3.8, 4) is 0 Å². The van der Waals surface area contributed by atoms with Gasteiger partial charge in [0, 0.05) is 26.3 Å². The number of hydrogen-bond donors (Lipinski definition) is 1. The van der Waals surface area contributed by atoms with E-state index in [1.165, 1.54) is 10.6 Å². The Labute approximate surface area is 177 Å². The largest absolute Gasteiger partial charge is 0.320 e. The van der Waals surface area contributed by atoms with Crippen molar-refractivity contribution >= 4 is 55.9 Å². The SMILES string of the molecule is Cn1nc(Cl)c2cnc(Nc3cn(C4CCCN(S(C)(=O)=O)CC4)nc3Cl)nc21. The quantitative estimate of drug-likeness (QED) is 0.639. The van der Waals surface area contributed by atoms with E-state index < -0.39 is 10.0 Å². The zero-order chi connectivity index (χ0) is 20.8. The van der Waals surface area contributed by atoms with Gasteiger partial charge in [-0.2, -0.15) is 15.2 Å². The highest BCUT2D eigenvalue weighted by Gasteiger charge is 2.25. The Morgan fingerprint density at radius 2 is 1.97 bits per heavy atom. The van der Waals surface area contributed by atoms with Gasteiger partial charge in [0.2, 0.25) is 16.0 Å². The average Bonchev–Trinajstić information content (AvgIpc) is 3.01. The molecule has 1 aliphatic rings. The van der Waals surface area contributed by atoms with Gasteiger partial charge in [-0.05, 0) is 19.3 Å². The highest BCUT2D eigenvalue weighted by molar-refractivity contribution is 7.88. The van der Waals surface area contributed by atoms with E-state index in [0.717, 1.165) is 12.8 Å². The third kappa shape index (κ3) is 4.18. The van der Waals surface area contributed by atoms with E-state index in [1.54, 1.807) is 28.8 Å². The van der Waals surface area contributed by atoms with Gasteiger partial charge in [-0.3, -0.25) is 4.68 Å². The zero-order valence-corrected chi connectivity index (χ0v) is 18.2. The second-order valence-corrected chi connectivity index (χ2v) is 9.73. The molecule has 0 spiro atoms. The number of fused-ring (bicyclic) bond motifs is 1. The number of aryl methyl sites for hydroxylation is 1. The summed E-state index contributed by atoms with van der Waals surface area (Å²) in [5.41, 5.74) is 1.17. The molecule has 3 aromatic rings. The van der Waals surface area contributed by atoms with Crippen LogP contribution < -0.4 is 5.32 Å². The standard InChI is InChI=1S/C16H20Cl2N8O2S/c1-24-15-11(13(17)22-24)8-19-16(21-15)20-12-9-26(23-14(12)18)10-4-3-6-25(7-5-10)29(2,27)28/h8-10H,3-7H2,1-2H3,(H,19,20,21). The third-order valence-corrected chi connectivity index (χ3v) is 6.83. The van der Waals surface area contributed by atoms with Crippen molar-refractivity contribution in [1.82, 2.24) is 33.8 Å². The predicted molar refractivity (Wildman–Crippen MR) is 111 cm³/mol. The molecule has 1 unspecified atom stereocenters. The number of nitrogens with zero attached hydrogens (tertiary/aromatic N) is 7. The average molecular weight is 459 g/mol. The summed E-state index contributed by atoms with van der Waals surface area (Å²) in [6.07, 6.45) is 6.89. The molecule has 4 heterocycles. The second kappa shape index (κ2) is 7.71. The maximum atomic E-state index is 11.8. The molecule has 10 nitrogen and oxygen atoms in total. The first kappa shape index (κ1) is 20.3. The first-order valence-electron chi connectivity index (χ1n) is 9.04. The molecule has 1 saturated heterocycles. The molecule has 1 fully saturated rings. The minimum Gasteiger partial charge on any atom is -0.320 e. The summed E-state index contributed by atoms with van der Waals surface area (Å²) < 4.78 is 28.5. The molecule has 1 N–H and O–H groups in total. The molecule has 0 radical (unpaired) electrons. The summed E-state index contributed by atoms with van der Waals surface area (Å²) in [5, 5.41) is 12.9. The monoisotopic (exact) mass is 458 g/mol. The Balaban J connectivity index is 1.53. The lowest BCUT2D eigenvalue weighted by Crippen LogP contribution is -2.31. The number of sulfonamides is 1. The maximum Gasteiger partial charge on any atom is 0.229 e.